The summed E-state index contributed by atoms with van der Waals surface area (Å²) in [7, 11) is 1.50. The smallest absolute Gasteiger partial charge is 0.299 e. The Morgan fingerprint density at radius 2 is 1.67 bits per heavy atom. The maximum atomic E-state index is 12.7. The van der Waals surface area contributed by atoms with Gasteiger partial charge >= 0.3 is 0 Å². The van der Waals surface area contributed by atoms with E-state index in [1.54, 1.807) is 60.7 Å². The van der Waals surface area contributed by atoms with Crippen LogP contribution in [0, 0.1) is 0 Å². The molecule has 4 aromatic rings. The van der Waals surface area contributed by atoms with Gasteiger partial charge in [-0.15, -0.1) is 10.2 Å². The van der Waals surface area contributed by atoms with Crippen molar-refractivity contribution in [2.24, 2.45) is 10.2 Å². The minimum atomic E-state index is -0.766. The lowest BCUT2D eigenvalue weighted by atomic mass is 10.2. The minimum absolute atomic E-state index is 0.0133. The van der Waals surface area contributed by atoms with Crippen LogP contribution in [0.4, 0.5) is 11.4 Å². The van der Waals surface area contributed by atoms with E-state index in [-0.39, 0.29) is 29.4 Å². The van der Waals surface area contributed by atoms with Crippen LogP contribution in [0.5, 0.6) is 17.4 Å². The third-order valence-electron chi connectivity index (χ3n) is 4.98. The first kappa shape index (κ1) is 21.6. The topological polar surface area (TPSA) is 126 Å². The molecule has 0 aliphatic rings. The third-order valence-corrected chi connectivity index (χ3v) is 4.98. The monoisotopic (exact) mass is 444 g/mol. The number of methoxy groups -OCH3 is 1. The van der Waals surface area contributed by atoms with Crippen LogP contribution in [0.15, 0.2) is 83.0 Å². The molecule has 0 saturated carbocycles. The fraction of sp³-hybridized carbons (Fsp3) is 0.0833. The zero-order chi connectivity index (χ0) is 23.4. The number of nitrogens with one attached hydrogen (secondary N) is 1. The molecule has 0 bridgehead atoms. The molecule has 1 heterocycles. The van der Waals surface area contributed by atoms with Crippen LogP contribution in [-0.2, 0) is 11.3 Å². The number of phenolic OH excluding ortho intramolecular Hbond substituents is 1. The summed E-state index contributed by atoms with van der Waals surface area (Å²) in [6.07, 6.45) is 0. The lowest BCUT2D eigenvalue weighted by molar-refractivity contribution is -0.116. The molecular formula is C24H20N4O5. The first-order chi connectivity index (χ1) is 16.0. The van der Waals surface area contributed by atoms with Gasteiger partial charge in [-0.1, -0.05) is 42.5 Å². The summed E-state index contributed by atoms with van der Waals surface area (Å²) in [5, 5.41) is 31.5. The molecule has 3 aromatic carbocycles. The van der Waals surface area contributed by atoms with Crippen LogP contribution >= 0.6 is 0 Å². The number of benzene rings is 3. The van der Waals surface area contributed by atoms with Gasteiger partial charge in [-0.25, -0.2) is 0 Å². The Morgan fingerprint density at radius 1 is 0.970 bits per heavy atom. The second kappa shape index (κ2) is 9.23. The Kier molecular flexibility index (Phi) is 6.03. The van der Waals surface area contributed by atoms with Crippen LogP contribution in [0.2, 0.25) is 0 Å². The summed E-state index contributed by atoms with van der Waals surface area (Å²) < 4.78 is 6.62. The first-order valence-electron chi connectivity index (χ1n) is 9.96. The van der Waals surface area contributed by atoms with Crippen molar-refractivity contribution in [1.82, 2.24) is 4.57 Å². The Balaban J connectivity index is 1.64. The molecule has 0 atom stereocenters. The van der Waals surface area contributed by atoms with E-state index >= 15 is 0 Å². The number of para-hydroxylation sites is 4. The van der Waals surface area contributed by atoms with Crippen LogP contribution in [0.3, 0.4) is 0 Å². The van der Waals surface area contributed by atoms with Gasteiger partial charge in [-0.2, -0.15) is 0 Å². The molecule has 0 aliphatic carbocycles. The summed E-state index contributed by atoms with van der Waals surface area (Å²) in [4.78, 5) is 25.1. The van der Waals surface area contributed by atoms with E-state index in [4.69, 9.17) is 4.74 Å². The first-order valence-corrected chi connectivity index (χ1v) is 9.96. The molecule has 9 nitrogen and oxygen atoms in total. The van der Waals surface area contributed by atoms with E-state index < -0.39 is 11.8 Å². The quantitative estimate of drug-likeness (QED) is 0.374. The number of anilines is 1. The number of aromatic hydroxyl groups is 2. The maximum absolute atomic E-state index is 12.7. The van der Waals surface area contributed by atoms with Crippen molar-refractivity contribution >= 4 is 34.1 Å². The predicted octanol–water partition coefficient (Wildman–Crippen LogP) is 4.62. The number of aromatic nitrogens is 1. The van der Waals surface area contributed by atoms with Crippen LogP contribution < -0.4 is 10.1 Å². The summed E-state index contributed by atoms with van der Waals surface area (Å²) in [6.45, 7) is -0.215. The molecule has 0 spiro atoms. The number of fused-ring (bicyclic) bond motifs is 1. The van der Waals surface area contributed by atoms with Gasteiger partial charge in [0.25, 0.3) is 5.91 Å². The van der Waals surface area contributed by atoms with E-state index in [1.807, 2.05) is 0 Å². The summed E-state index contributed by atoms with van der Waals surface area (Å²) in [6, 6.07) is 19.8. The van der Waals surface area contributed by atoms with Crippen LogP contribution in [0.1, 0.15) is 10.4 Å². The number of carbonyl (C=O) groups excluding carboxylic acids is 2. The van der Waals surface area contributed by atoms with E-state index in [2.05, 4.69) is 15.5 Å². The van der Waals surface area contributed by atoms with Crippen molar-refractivity contribution < 1.29 is 24.5 Å². The van der Waals surface area contributed by atoms with E-state index in [0.29, 0.717) is 22.3 Å². The van der Waals surface area contributed by atoms with Crippen molar-refractivity contribution in [1.29, 1.82) is 0 Å². The minimum Gasteiger partial charge on any atom is -0.507 e. The molecule has 0 radical (unpaired) electrons. The second-order valence-corrected chi connectivity index (χ2v) is 7.05. The molecule has 0 fully saturated rings. The summed E-state index contributed by atoms with van der Waals surface area (Å²) in [5.74, 6) is -1.20. The highest BCUT2D eigenvalue weighted by atomic mass is 16.5. The van der Waals surface area contributed by atoms with Crippen molar-refractivity contribution in [3.63, 3.8) is 0 Å². The number of hydrogen-bond acceptors (Lipinski definition) is 6. The Hall–Kier alpha value is -4.66. The fourth-order valence-corrected chi connectivity index (χ4v) is 3.42. The number of nitrogens with zero attached hydrogens (tertiary/aromatic N) is 3. The number of carbonyl (C=O) groups is 2. The van der Waals surface area contributed by atoms with Crippen LogP contribution in [-0.4, -0.2) is 33.7 Å². The lowest BCUT2D eigenvalue weighted by Gasteiger charge is -2.11. The van der Waals surface area contributed by atoms with Crippen molar-refractivity contribution in [3.8, 4) is 17.4 Å². The van der Waals surface area contributed by atoms with Crippen LogP contribution in [0.25, 0.3) is 10.9 Å². The van der Waals surface area contributed by atoms with Gasteiger partial charge in [0, 0.05) is 5.39 Å². The molecular weight excluding hydrogens is 424 g/mol. The van der Waals surface area contributed by atoms with Crippen molar-refractivity contribution in [2.75, 3.05) is 12.4 Å². The standard InChI is InChI=1S/C24H20N4O5/c1-33-20-13-7-4-10-17(20)25-21(30)14-28-18-11-5-2-8-15(18)22(24(28)32)26-27-23(31)16-9-3-6-12-19(16)29/h2-13,29,32H,14H2,1H3,(H,25,30). The van der Waals surface area contributed by atoms with Gasteiger partial charge in [-0.05, 0) is 30.3 Å². The van der Waals surface area contributed by atoms with Gasteiger partial charge in [0.2, 0.25) is 11.8 Å². The van der Waals surface area contributed by atoms with E-state index in [1.165, 1.54) is 23.8 Å². The molecule has 2 amide bonds. The number of phenols is 1. The highest BCUT2D eigenvalue weighted by molar-refractivity contribution is 6.00. The highest BCUT2D eigenvalue weighted by Gasteiger charge is 2.20. The van der Waals surface area contributed by atoms with Gasteiger partial charge < -0.3 is 24.8 Å². The van der Waals surface area contributed by atoms with Crippen molar-refractivity contribution in [3.05, 3.63) is 78.4 Å². The Labute approximate surface area is 188 Å². The maximum Gasteiger partial charge on any atom is 0.299 e. The zero-order valence-electron chi connectivity index (χ0n) is 17.6. The molecule has 9 heteroatoms. The van der Waals surface area contributed by atoms with E-state index in [9.17, 15) is 19.8 Å². The number of ether oxygens (including phenoxy) is 1. The zero-order valence-corrected chi connectivity index (χ0v) is 17.6. The average molecular weight is 444 g/mol. The largest absolute Gasteiger partial charge is 0.507 e. The summed E-state index contributed by atoms with van der Waals surface area (Å²) >= 11 is 0. The number of hydrogen-bond donors (Lipinski definition) is 3. The lowest BCUT2D eigenvalue weighted by Crippen LogP contribution is -2.18. The van der Waals surface area contributed by atoms with Gasteiger partial charge in [0.05, 0.1) is 23.9 Å². The fourth-order valence-electron chi connectivity index (χ4n) is 3.42. The molecule has 3 N–H and O–H groups in total. The number of azo groups is 1. The summed E-state index contributed by atoms with van der Waals surface area (Å²) in [5.41, 5.74) is 1.06. The van der Waals surface area contributed by atoms with Gasteiger partial charge in [0.15, 0.2) is 5.69 Å². The SMILES string of the molecule is COc1ccccc1NC(=O)Cn1c(O)c(N=NC(=O)c2ccccc2O)c2ccccc21. The Bertz CT molecular complexity index is 1380. The highest BCUT2D eigenvalue weighted by Crippen LogP contribution is 2.39. The molecule has 166 valence electrons. The average Bonchev–Trinajstić information content (AvgIpc) is 3.09. The number of rotatable bonds is 6. The third kappa shape index (κ3) is 4.38. The second-order valence-electron chi connectivity index (χ2n) is 7.05. The van der Waals surface area contributed by atoms with E-state index in [0.717, 1.165) is 0 Å². The molecule has 0 saturated heterocycles. The molecule has 1 aromatic heterocycles. The molecule has 0 unspecified atom stereocenters. The van der Waals surface area contributed by atoms with Crippen molar-refractivity contribution in [2.45, 2.75) is 6.54 Å². The number of amides is 2. The molecule has 4 rings (SSSR count). The Morgan fingerprint density at radius 3 is 2.45 bits per heavy atom. The molecule has 33 heavy (non-hydrogen) atoms. The molecule has 0 aliphatic heterocycles. The normalized spacial score (nSPS) is 11.1. The predicted molar refractivity (Wildman–Crippen MR) is 122 cm³/mol. The van der Waals surface area contributed by atoms with Gasteiger partial charge in [-0.3, -0.25) is 9.59 Å². The van der Waals surface area contributed by atoms with Gasteiger partial charge in [0.1, 0.15) is 18.0 Å².